The summed E-state index contributed by atoms with van der Waals surface area (Å²) in [5, 5.41) is -0.0523. The highest BCUT2D eigenvalue weighted by molar-refractivity contribution is 8.18. The number of hydrogen-bond acceptors (Lipinski definition) is 6. The molecule has 22 heavy (non-hydrogen) atoms. The Morgan fingerprint density at radius 1 is 1.36 bits per heavy atom. The average Bonchev–Trinajstić information content (AvgIpc) is 2.75. The van der Waals surface area contributed by atoms with Crippen LogP contribution < -0.4 is 4.74 Å². The number of halogens is 1. The number of amides is 2. The van der Waals surface area contributed by atoms with E-state index in [0.29, 0.717) is 16.3 Å². The fraction of sp³-hybridized carbons (Fsp3) is 0.214. The second-order valence-electron chi connectivity index (χ2n) is 4.23. The Morgan fingerprint density at radius 2 is 2.09 bits per heavy atom. The van der Waals surface area contributed by atoms with Crippen molar-refractivity contribution in [3.8, 4) is 5.75 Å². The van der Waals surface area contributed by atoms with Crippen molar-refractivity contribution in [3.05, 3.63) is 33.7 Å². The van der Waals surface area contributed by atoms with Gasteiger partial charge in [-0.15, -0.1) is 0 Å². The summed E-state index contributed by atoms with van der Waals surface area (Å²) in [6.45, 7) is -0.412. The zero-order chi connectivity index (χ0) is 16.3. The quantitative estimate of drug-likeness (QED) is 0.619. The van der Waals surface area contributed by atoms with Gasteiger partial charge in [0.1, 0.15) is 12.3 Å². The number of carbonyl (C=O) groups is 3. The summed E-state index contributed by atoms with van der Waals surface area (Å²) in [4.78, 5) is 36.3. The predicted molar refractivity (Wildman–Crippen MR) is 82.7 cm³/mol. The Hall–Kier alpha value is -1.99. The lowest BCUT2D eigenvalue weighted by Crippen LogP contribution is -2.34. The number of nitrogens with zero attached hydrogens (tertiary/aromatic N) is 1. The summed E-state index contributed by atoms with van der Waals surface area (Å²) in [5.74, 6) is -0.699. The number of rotatable bonds is 4. The molecule has 1 fully saturated rings. The first kappa shape index (κ1) is 16.4. The van der Waals surface area contributed by atoms with E-state index >= 15 is 0 Å². The third kappa shape index (κ3) is 3.42. The first-order valence-corrected chi connectivity index (χ1v) is 7.31. The van der Waals surface area contributed by atoms with E-state index in [9.17, 15) is 14.4 Å². The van der Waals surface area contributed by atoms with Crippen molar-refractivity contribution in [3.63, 3.8) is 0 Å². The molecule has 0 N–H and O–H groups in total. The first-order valence-electron chi connectivity index (χ1n) is 6.12. The Labute approximate surface area is 136 Å². The third-order valence-corrected chi connectivity index (χ3v) is 4.01. The lowest BCUT2D eigenvalue weighted by molar-refractivity contribution is -0.143. The number of esters is 1. The van der Waals surface area contributed by atoms with E-state index in [1.807, 2.05) is 0 Å². The molecule has 0 unspecified atom stereocenters. The third-order valence-electron chi connectivity index (χ3n) is 2.87. The average molecular weight is 342 g/mol. The van der Waals surface area contributed by atoms with Crippen molar-refractivity contribution >= 4 is 46.6 Å². The number of methoxy groups -OCH3 is 2. The number of ether oxygens (including phenoxy) is 2. The molecule has 2 amide bonds. The molecule has 1 aliphatic rings. The van der Waals surface area contributed by atoms with E-state index in [0.717, 1.165) is 16.7 Å². The zero-order valence-electron chi connectivity index (χ0n) is 11.8. The molecule has 1 saturated heterocycles. The van der Waals surface area contributed by atoms with Crippen LogP contribution >= 0.6 is 23.4 Å². The van der Waals surface area contributed by atoms with Gasteiger partial charge in [-0.2, -0.15) is 0 Å². The van der Waals surface area contributed by atoms with Crippen LogP contribution in [-0.4, -0.2) is 42.8 Å². The molecule has 0 atom stereocenters. The van der Waals surface area contributed by atoms with Crippen LogP contribution in [0.5, 0.6) is 5.75 Å². The van der Waals surface area contributed by atoms with Crippen LogP contribution in [0.1, 0.15) is 5.56 Å². The summed E-state index contributed by atoms with van der Waals surface area (Å²) in [7, 11) is 2.68. The molecule has 0 aliphatic carbocycles. The number of benzene rings is 1. The summed E-state index contributed by atoms with van der Waals surface area (Å²) in [6, 6.07) is 4.93. The minimum atomic E-state index is -0.663. The van der Waals surface area contributed by atoms with Gasteiger partial charge in [0.05, 0.1) is 19.1 Å². The molecule has 0 spiro atoms. The molecule has 0 saturated carbocycles. The molecule has 8 heteroatoms. The molecular formula is C14H12ClNO5S. The maximum Gasteiger partial charge on any atom is 0.325 e. The Bertz CT molecular complexity index is 673. The van der Waals surface area contributed by atoms with Crippen LogP contribution in [0.15, 0.2) is 23.1 Å². The van der Waals surface area contributed by atoms with Gasteiger partial charge in [-0.05, 0) is 36.0 Å². The van der Waals surface area contributed by atoms with E-state index < -0.39 is 23.7 Å². The minimum Gasteiger partial charge on any atom is -0.496 e. The number of thioether (sulfide) groups is 1. The van der Waals surface area contributed by atoms with Crippen LogP contribution in [0.4, 0.5) is 4.79 Å². The van der Waals surface area contributed by atoms with Crippen molar-refractivity contribution in [2.24, 2.45) is 0 Å². The monoisotopic (exact) mass is 341 g/mol. The molecule has 1 aromatic rings. The second kappa shape index (κ2) is 6.85. The van der Waals surface area contributed by atoms with Gasteiger partial charge in [-0.3, -0.25) is 19.3 Å². The topological polar surface area (TPSA) is 72.9 Å². The SMILES string of the molecule is COC(=O)CN1C(=O)SC(=Cc2cc(Cl)ccc2OC)C1=O. The Morgan fingerprint density at radius 3 is 2.73 bits per heavy atom. The van der Waals surface area contributed by atoms with Crippen LogP contribution in [-0.2, 0) is 14.3 Å². The summed E-state index contributed by atoms with van der Waals surface area (Å²) >= 11 is 6.67. The maximum atomic E-state index is 12.2. The molecule has 1 aliphatic heterocycles. The van der Waals surface area contributed by atoms with Crippen molar-refractivity contribution in [2.75, 3.05) is 20.8 Å². The highest BCUT2D eigenvalue weighted by atomic mass is 35.5. The van der Waals surface area contributed by atoms with Crippen LogP contribution in [0.25, 0.3) is 6.08 Å². The molecule has 1 aromatic carbocycles. The van der Waals surface area contributed by atoms with Gasteiger partial charge < -0.3 is 9.47 Å². The van der Waals surface area contributed by atoms with Crippen molar-refractivity contribution in [1.82, 2.24) is 4.90 Å². The van der Waals surface area contributed by atoms with Gasteiger partial charge in [0.15, 0.2) is 0 Å². The van der Waals surface area contributed by atoms with Crippen LogP contribution in [0.3, 0.4) is 0 Å². The maximum absolute atomic E-state index is 12.2. The fourth-order valence-corrected chi connectivity index (χ4v) is 2.80. The molecule has 0 bridgehead atoms. The van der Waals surface area contributed by atoms with Crippen molar-refractivity contribution in [2.45, 2.75) is 0 Å². The smallest absolute Gasteiger partial charge is 0.325 e. The van der Waals surface area contributed by atoms with Gasteiger partial charge in [0.25, 0.3) is 11.1 Å². The minimum absolute atomic E-state index is 0.189. The van der Waals surface area contributed by atoms with E-state index in [1.54, 1.807) is 18.2 Å². The number of imide groups is 1. The predicted octanol–water partition coefficient (Wildman–Crippen LogP) is 2.56. The molecule has 116 valence electrons. The van der Waals surface area contributed by atoms with Gasteiger partial charge in [0.2, 0.25) is 0 Å². The molecule has 2 rings (SSSR count). The molecule has 0 aromatic heterocycles. The van der Waals surface area contributed by atoms with Gasteiger partial charge in [-0.25, -0.2) is 0 Å². The van der Waals surface area contributed by atoms with Crippen LogP contribution in [0, 0.1) is 0 Å². The van der Waals surface area contributed by atoms with E-state index in [-0.39, 0.29) is 4.91 Å². The molecule has 6 nitrogen and oxygen atoms in total. The standard InChI is InChI=1S/C14H12ClNO5S/c1-20-10-4-3-9(15)5-8(10)6-11-13(18)16(14(19)22-11)7-12(17)21-2/h3-6H,7H2,1-2H3. The lowest BCUT2D eigenvalue weighted by Gasteiger charge is -2.10. The molecule has 0 radical (unpaired) electrons. The van der Waals surface area contributed by atoms with Gasteiger partial charge >= 0.3 is 5.97 Å². The largest absolute Gasteiger partial charge is 0.496 e. The van der Waals surface area contributed by atoms with Crippen molar-refractivity contribution in [1.29, 1.82) is 0 Å². The second-order valence-corrected chi connectivity index (χ2v) is 5.66. The summed E-state index contributed by atoms with van der Waals surface area (Å²) < 4.78 is 9.65. The van der Waals surface area contributed by atoms with Gasteiger partial charge in [-0.1, -0.05) is 11.6 Å². The van der Waals surface area contributed by atoms with Crippen LogP contribution in [0.2, 0.25) is 5.02 Å². The number of hydrogen-bond donors (Lipinski definition) is 0. The highest BCUT2D eigenvalue weighted by Crippen LogP contribution is 2.34. The molecular weight excluding hydrogens is 330 g/mol. The Kier molecular flexibility index (Phi) is 5.10. The zero-order valence-corrected chi connectivity index (χ0v) is 13.4. The fourth-order valence-electron chi connectivity index (χ4n) is 1.79. The number of carbonyl (C=O) groups excluding carboxylic acids is 3. The molecule has 1 heterocycles. The van der Waals surface area contributed by atoms with E-state index in [2.05, 4.69) is 4.74 Å². The highest BCUT2D eigenvalue weighted by Gasteiger charge is 2.36. The van der Waals surface area contributed by atoms with Gasteiger partial charge in [0, 0.05) is 10.6 Å². The summed E-state index contributed by atoms with van der Waals surface area (Å²) in [5.41, 5.74) is 0.568. The summed E-state index contributed by atoms with van der Waals surface area (Å²) in [6.07, 6.45) is 1.51. The first-order chi connectivity index (χ1) is 10.5. The lowest BCUT2D eigenvalue weighted by atomic mass is 10.2. The Balaban J connectivity index is 2.30. The normalized spacial score (nSPS) is 16.3. The van der Waals surface area contributed by atoms with E-state index in [4.69, 9.17) is 16.3 Å². The van der Waals surface area contributed by atoms with E-state index in [1.165, 1.54) is 20.3 Å². The van der Waals surface area contributed by atoms with Crippen molar-refractivity contribution < 1.29 is 23.9 Å².